The lowest BCUT2D eigenvalue weighted by Crippen LogP contribution is -2.46. The standard InChI is InChI=1S/C23H42/c1-15-10-6-8-12-20(15)22-14-17(3)18(4)23(19(22)5)21-13-9-7-11-16(21)2/h15-23H,6-14H2,1-5H3. The van der Waals surface area contributed by atoms with Crippen LogP contribution in [-0.2, 0) is 0 Å². The maximum absolute atomic E-state index is 2.67. The van der Waals surface area contributed by atoms with E-state index >= 15 is 0 Å². The first-order valence-electron chi connectivity index (χ1n) is 11.0. The Balaban J connectivity index is 1.80. The van der Waals surface area contributed by atoms with E-state index in [4.69, 9.17) is 0 Å². The lowest BCUT2D eigenvalue weighted by Gasteiger charge is -2.53. The Hall–Kier alpha value is 0. The van der Waals surface area contributed by atoms with Crippen molar-refractivity contribution in [2.45, 2.75) is 92.4 Å². The van der Waals surface area contributed by atoms with Gasteiger partial charge in [0.05, 0.1) is 0 Å². The Bertz CT molecular complexity index is 372. The van der Waals surface area contributed by atoms with Crippen molar-refractivity contribution in [2.75, 3.05) is 0 Å². The van der Waals surface area contributed by atoms with Crippen molar-refractivity contribution in [3.8, 4) is 0 Å². The Morgan fingerprint density at radius 2 is 1.00 bits per heavy atom. The van der Waals surface area contributed by atoms with Gasteiger partial charge in [0.2, 0.25) is 0 Å². The molecule has 3 fully saturated rings. The third kappa shape index (κ3) is 3.52. The van der Waals surface area contributed by atoms with Crippen LogP contribution in [0.1, 0.15) is 92.4 Å². The zero-order valence-electron chi connectivity index (χ0n) is 16.6. The van der Waals surface area contributed by atoms with Crippen molar-refractivity contribution < 1.29 is 0 Å². The second-order valence-electron chi connectivity index (χ2n) is 10.0. The summed E-state index contributed by atoms with van der Waals surface area (Å²) in [5.41, 5.74) is 0. The Morgan fingerprint density at radius 1 is 0.478 bits per heavy atom. The number of hydrogen-bond acceptors (Lipinski definition) is 0. The first-order valence-corrected chi connectivity index (χ1v) is 11.0. The Labute approximate surface area is 146 Å². The van der Waals surface area contributed by atoms with Crippen LogP contribution < -0.4 is 0 Å². The molecule has 3 saturated carbocycles. The van der Waals surface area contributed by atoms with Crippen LogP contribution in [0.15, 0.2) is 0 Å². The molecule has 9 unspecified atom stereocenters. The molecule has 0 radical (unpaired) electrons. The molecule has 3 aliphatic carbocycles. The number of hydrogen-bond donors (Lipinski definition) is 0. The number of rotatable bonds is 2. The van der Waals surface area contributed by atoms with Gasteiger partial charge in [0, 0.05) is 0 Å². The minimum absolute atomic E-state index is 0.949. The molecule has 0 nitrogen and oxygen atoms in total. The lowest BCUT2D eigenvalue weighted by molar-refractivity contribution is -0.0419. The highest BCUT2D eigenvalue weighted by Gasteiger charge is 2.47. The summed E-state index contributed by atoms with van der Waals surface area (Å²) in [6.07, 6.45) is 13.6. The quantitative estimate of drug-likeness (QED) is 0.505. The van der Waals surface area contributed by atoms with Crippen LogP contribution in [0.25, 0.3) is 0 Å². The SMILES string of the molecule is CC1CC(C2CCCCC2C)C(C)C(C2CCCCC2C)C1C. The van der Waals surface area contributed by atoms with Gasteiger partial charge in [0.15, 0.2) is 0 Å². The maximum Gasteiger partial charge on any atom is -0.0326 e. The predicted molar refractivity (Wildman–Crippen MR) is 101 cm³/mol. The van der Waals surface area contributed by atoms with E-state index < -0.39 is 0 Å². The van der Waals surface area contributed by atoms with Crippen molar-refractivity contribution in [3.05, 3.63) is 0 Å². The molecule has 0 heterocycles. The monoisotopic (exact) mass is 318 g/mol. The van der Waals surface area contributed by atoms with E-state index in [0.717, 1.165) is 53.3 Å². The van der Waals surface area contributed by atoms with E-state index in [9.17, 15) is 0 Å². The van der Waals surface area contributed by atoms with Crippen LogP contribution in [0, 0.1) is 53.3 Å². The molecule has 0 bridgehead atoms. The largest absolute Gasteiger partial charge is 0.0622 e. The molecule has 0 aromatic rings. The zero-order valence-corrected chi connectivity index (χ0v) is 16.6. The second kappa shape index (κ2) is 7.49. The Kier molecular flexibility index (Phi) is 5.80. The molecule has 0 aromatic heterocycles. The van der Waals surface area contributed by atoms with Crippen molar-refractivity contribution in [1.82, 2.24) is 0 Å². The molecule has 23 heavy (non-hydrogen) atoms. The molecule has 3 rings (SSSR count). The second-order valence-corrected chi connectivity index (χ2v) is 10.0. The van der Waals surface area contributed by atoms with Crippen molar-refractivity contribution in [1.29, 1.82) is 0 Å². The summed E-state index contributed by atoms with van der Waals surface area (Å²) in [5, 5.41) is 0. The fraction of sp³-hybridized carbons (Fsp3) is 1.00. The highest BCUT2D eigenvalue weighted by molar-refractivity contribution is 4.95. The van der Waals surface area contributed by atoms with Crippen LogP contribution in [0.5, 0.6) is 0 Å². The van der Waals surface area contributed by atoms with E-state index in [1.54, 1.807) is 0 Å². The van der Waals surface area contributed by atoms with Crippen LogP contribution >= 0.6 is 0 Å². The normalized spacial score (nSPS) is 52.3. The molecule has 9 atom stereocenters. The van der Waals surface area contributed by atoms with Crippen LogP contribution in [0.2, 0.25) is 0 Å². The minimum atomic E-state index is 0.949. The average molecular weight is 319 g/mol. The third-order valence-corrected chi connectivity index (χ3v) is 8.83. The van der Waals surface area contributed by atoms with Gasteiger partial charge in [-0.15, -0.1) is 0 Å². The lowest BCUT2D eigenvalue weighted by atomic mass is 9.52. The van der Waals surface area contributed by atoms with Gasteiger partial charge < -0.3 is 0 Å². The molecule has 0 aliphatic heterocycles. The maximum atomic E-state index is 2.67. The highest BCUT2D eigenvalue weighted by atomic mass is 14.5. The van der Waals surface area contributed by atoms with Crippen LogP contribution in [-0.4, -0.2) is 0 Å². The van der Waals surface area contributed by atoms with Crippen molar-refractivity contribution in [2.24, 2.45) is 53.3 Å². The summed E-state index contributed by atoms with van der Waals surface area (Å²) in [5.74, 6) is 8.93. The first-order chi connectivity index (χ1) is 11.0. The summed E-state index contributed by atoms with van der Waals surface area (Å²) < 4.78 is 0. The molecule has 0 spiro atoms. The highest BCUT2D eigenvalue weighted by Crippen LogP contribution is 2.54. The van der Waals surface area contributed by atoms with Gasteiger partial charge in [-0.25, -0.2) is 0 Å². The van der Waals surface area contributed by atoms with Gasteiger partial charge in [0.1, 0.15) is 0 Å². The summed E-state index contributed by atoms with van der Waals surface area (Å²) in [6.45, 7) is 13.0. The van der Waals surface area contributed by atoms with E-state index in [-0.39, 0.29) is 0 Å². The third-order valence-electron chi connectivity index (χ3n) is 8.83. The van der Waals surface area contributed by atoms with Gasteiger partial charge in [-0.3, -0.25) is 0 Å². The fourth-order valence-corrected chi connectivity index (χ4v) is 7.24. The molecule has 0 saturated heterocycles. The molecule has 3 aliphatic rings. The summed E-state index contributed by atoms with van der Waals surface area (Å²) in [6, 6.07) is 0. The predicted octanol–water partition coefficient (Wildman–Crippen LogP) is 7.18. The first kappa shape index (κ1) is 17.8. The van der Waals surface area contributed by atoms with Crippen molar-refractivity contribution in [3.63, 3.8) is 0 Å². The Morgan fingerprint density at radius 3 is 1.57 bits per heavy atom. The molecule has 0 amide bonds. The van der Waals surface area contributed by atoms with Crippen molar-refractivity contribution >= 4 is 0 Å². The van der Waals surface area contributed by atoms with Crippen LogP contribution in [0.4, 0.5) is 0 Å². The smallest absolute Gasteiger partial charge is 0.0326 e. The summed E-state index contributed by atoms with van der Waals surface area (Å²) in [4.78, 5) is 0. The van der Waals surface area contributed by atoms with E-state index in [0.29, 0.717) is 0 Å². The fourth-order valence-electron chi connectivity index (χ4n) is 7.24. The van der Waals surface area contributed by atoms with E-state index in [1.165, 1.54) is 57.8 Å². The molecule has 0 aromatic carbocycles. The molecule has 0 N–H and O–H groups in total. The molecular formula is C23H42. The van der Waals surface area contributed by atoms with Gasteiger partial charge in [0.25, 0.3) is 0 Å². The molecule has 134 valence electrons. The van der Waals surface area contributed by atoms with E-state index in [1.807, 2.05) is 0 Å². The average Bonchev–Trinajstić information content (AvgIpc) is 2.54. The molecule has 0 heteroatoms. The zero-order chi connectivity index (χ0) is 16.6. The van der Waals surface area contributed by atoms with Gasteiger partial charge >= 0.3 is 0 Å². The summed E-state index contributed by atoms with van der Waals surface area (Å²) >= 11 is 0. The topological polar surface area (TPSA) is 0 Å². The summed E-state index contributed by atoms with van der Waals surface area (Å²) in [7, 11) is 0. The van der Waals surface area contributed by atoms with Crippen LogP contribution in [0.3, 0.4) is 0 Å². The van der Waals surface area contributed by atoms with Gasteiger partial charge in [-0.05, 0) is 72.5 Å². The van der Waals surface area contributed by atoms with E-state index in [2.05, 4.69) is 34.6 Å². The van der Waals surface area contributed by atoms with Gasteiger partial charge in [-0.2, -0.15) is 0 Å². The molecular weight excluding hydrogens is 276 g/mol. The minimum Gasteiger partial charge on any atom is -0.0622 e. The van der Waals surface area contributed by atoms with Gasteiger partial charge in [-0.1, -0.05) is 73.1 Å².